The molecule has 3 rings (SSSR count). The average molecular weight is 393 g/mol. The van der Waals surface area contributed by atoms with Gasteiger partial charge >= 0.3 is 0 Å². The topological polar surface area (TPSA) is 41.6 Å². The molecule has 2 aromatic carbocycles. The molecule has 0 bridgehead atoms. The summed E-state index contributed by atoms with van der Waals surface area (Å²) in [6.45, 7) is 3.87. The third-order valence-corrected chi connectivity index (χ3v) is 4.95. The molecule has 2 aromatic rings. The van der Waals surface area contributed by atoms with Crippen LogP contribution in [-0.2, 0) is 4.79 Å². The smallest absolute Gasteiger partial charge is 0.265 e. The van der Waals surface area contributed by atoms with E-state index < -0.39 is 6.10 Å². The maximum absolute atomic E-state index is 12.4. The van der Waals surface area contributed by atoms with Crippen LogP contribution in [0, 0.1) is 0 Å². The zero-order valence-corrected chi connectivity index (χ0v) is 16.2. The number of nitrogens with one attached hydrogen (secondary N) is 1. The van der Waals surface area contributed by atoms with Crippen LogP contribution in [0.25, 0.3) is 0 Å². The summed E-state index contributed by atoms with van der Waals surface area (Å²) in [4.78, 5) is 14.7. The molecule has 1 aliphatic heterocycles. The molecule has 0 aromatic heterocycles. The minimum Gasteiger partial charge on any atom is -0.479 e. The Bertz CT molecular complexity index is 759. The Morgan fingerprint density at radius 1 is 1.08 bits per heavy atom. The van der Waals surface area contributed by atoms with Crippen molar-refractivity contribution in [2.45, 2.75) is 32.3 Å². The maximum Gasteiger partial charge on any atom is 0.265 e. The van der Waals surface area contributed by atoms with Crippen LogP contribution in [0.1, 0.15) is 26.2 Å². The highest BCUT2D eigenvalue weighted by molar-refractivity contribution is 6.35. The summed E-state index contributed by atoms with van der Waals surface area (Å²) in [5.74, 6) is 0.195. The second-order valence-corrected chi connectivity index (χ2v) is 7.26. The largest absolute Gasteiger partial charge is 0.479 e. The third kappa shape index (κ3) is 4.83. The molecule has 6 heteroatoms. The lowest BCUT2D eigenvalue weighted by Gasteiger charge is -2.28. The summed E-state index contributed by atoms with van der Waals surface area (Å²) < 4.78 is 5.64. The number of amides is 1. The first kappa shape index (κ1) is 18.9. The van der Waals surface area contributed by atoms with Gasteiger partial charge in [0.1, 0.15) is 5.75 Å². The van der Waals surface area contributed by atoms with Crippen LogP contribution in [0.5, 0.6) is 5.75 Å². The molecule has 1 saturated heterocycles. The highest BCUT2D eigenvalue weighted by Crippen LogP contribution is 2.28. The van der Waals surface area contributed by atoms with E-state index in [4.69, 9.17) is 27.9 Å². The molecule has 1 unspecified atom stereocenters. The number of ether oxygens (including phenoxy) is 1. The van der Waals surface area contributed by atoms with Gasteiger partial charge in [0.2, 0.25) is 0 Å². The minimum absolute atomic E-state index is 0.235. The summed E-state index contributed by atoms with van der Waals surface area (Å²) >= 11 is 12.0. The van der Waals surface area contributed by atoms with Crippen LogP contribution in [0.2, 0.25) is 10.0 Å². The van der Waals surface area contributed by atoms with E-state index in [2.05, 4.69) is 10.2 Å². The highest BCUT2D eigenvalue weighted by atomic mass is 35.5. The van der Waals surface area contributed by atoms with Gasteiger partial charge in [-0.05, 0) is 68.7 Å². The van der Waals surface area contributed by atoms with E-state index in [1.165, 1.54) is 24.9 Å². The lowest BCUT2D eigenvalue weighted by atomic mass is 10.1. The lowest BCUT2D eigenvalue weighted by molar-refractivity contribution is -0.122. The number of rotatable bonds is 5. The van der Waals surface area contributed by atoms with E-state index in [-0.39, 0.29) is 5.91 Å². The van der Waals surface area contributed by atoms with Gasteiger partial charge in [-0.25, -0.2) is 0 Å². The van der Waals surface area contributed by atoms with E-state index >= 15 is 0 Å². The Labute approximate surface area is 164 Å². The van der Waals surface area contributed by atoms with Crippen LogP contribution in [0.3, 0.4) is 0 Å². The molecule has 1 atom stereocenters. The summed E-state index contributed by atoms with van der Waals surface area (Å²) in [6, 6.07) is 12.8. The quantitative estimate of drug-likeness (QED) is 0.741. The zero-order chi connectivity index (χ0) is 18.5. The standard InChI is InChI=1S/C20H22Cl2N2O2/c1-14(26-19-10-5-15(21)13-18(19)22)20(25)23-16-6-8-17(9-7-16)24-11-3-2-4-12-24/h5-10,13-14H,2-4,11-12H2,1H3,(H,23,25). The Morgan fingerprint density at radius 3 is 2.42 bits per heavy atom. The third-order valence-electron chi connectivity index (χ3n) is 4.42. The lowest BCUT2D eigenvalue weighted by Crippen LogP contribution is -2.30. The van der Waals surface area contributed by atoms with Crippen LogP contribution in [0.4, 0.5) is 11.4 Å². The molecule has 1 N–H and O–H groups in total. The fraction of sp³-hybridized carbons (Fsp3) is 0.350. The van der Waals surface area contributed by atoms with Crippen molar-refractivity contribution in [3.05, 3.63) is 52.5 Å². The Balaban J connectivity index is 1.58. The maximum atomic E-state index is 12.4. The predicted molar refractivity (Wildman–Crippen MR) is 108 cm³/mol. The fourth-order valence-corrected chi connectivity index (χ4v) is 3.42. The van der Waals surface area contributed by atoms with E-state index in [0.717, 1.165) is 18.8 Å². The molecule has 4 nitrogen and oxygen atoms in total. The number of anilines is 2. The van der Waals surface area contributed by atoms with Crippen molar-refractivity contribution in [1.29, 1.82) is 0 Å². The SMILES string of the molecule is CC(Oc1ccc(Cl)cc1Cl)C(=O)Nc1ccc(N2CCCCC2)cc1. The van der Waals surface area contributed by atoms with Crippen LogP contribution in [-0.4, -0.2) is 25.1 Å². The zero-order valence-electron chi connectivity index (χ0n) is 14.7. The second kappa shape index (κ2) is 8.65. The molecule has 1 fully saturated rings. The minimum atomic E-state index is -0.685. The van der Waals surface area contributed by atoms with Crippen molar-refractivity contribution in [2.75, 3.05) is 23.3 Å². The fourth-order valence-electron chi connectivity index (χ4n) is 2.97. The van der Waals surface area contributed by atoms with Crippen LogP contribution < -0.4 is 15.0 Å². The molecular formula is C20H22Cl2N2O2. The van der Waals surface area contributed by atoms with Crippen molar-refractivity contribution >= 4 is 40.5 Å². The Morgan fingerprint density at radius 2 is 1.77 bits per heavy atom. The predicted octanol–water partition coefficient (Wildman–Crippen LogP) is 5.39. The van der Waals surface area contributed by atoms with Gasteiger partial charge in [-0.1, -0.05) is 23.2 Å². The van der Waals surface area contributed by atoms with E-state index in [9.17, 15) is 4.79 Å². The number of carbonyl (C=O) groups excluding carboxylic acids is 1. The Kier molecular flexibility index (Phi) is 6.28. The molecule has 1 aliphatic rings. The monoisotopic (exact) mass is 392 g/mol. The molecule has 0 saturated carbocycles. The van der Waals surface area contributed by atoms with Gasteiger partial charge in [0.05, 0.1) is 5.02 Å². The number of piperidine rings is 1. The summed E-state index contributed by atoms with van der Waals surface area (Å²) in [5, 5.41) is 3.77. The van der Waals surface area contributed by atoms with Crippen molar-refractivity contribution in [3.8, 4) is 5.75 Å². The van der Waals surface area contributed by atoms with Gasteiger partial charge in [-0.2, -0.15) is 0 Å². The van der Waals surface area contributed by atoms with Gasteiger partial charge in [-0.15, -0.1) is 0 Å². The second-order valence-electron chi connectivity index (χ2n) is 6.42. The number of nitrogens with zero attached hydrogens (tertiary/aromatic N) is 1. The normalized spacial score (nSPS) is 15.4. The number of hydrogen-bond donors (Lipinski definition) is 1. The molecule has 0 radical (unpaired) electrons. The average Bonchev–Trinajstić information content (AvgIpc) is 2.65. The van der Waals surface area contributed by atoms with Gasteiger partial charge < -0.3 is 15.0 Å². The first-order valence-corrected chi connectivity index (χ1v) is 9.56. The Hall–Kier alpha value is -1.91. The summed E-state index contributed by atoms with van der Waals surface area (Å²) in [5.41, 5.74) is 1.94. The molecule has 1 amide bonds. The first-order valence-electron chi connectivity index (χ1n) is 8.80. The molecule has 0 aliphatic carbocycles. The molecule has 26 heavy (non-hydrogen) atoms. The first-order chi connectivity index (χ1) is 12.5. The summed E-state index contributed by atoms with van der Waals surface area (Å²) in [7, 11) is 0. The van der Waals surface area contributed by atoms with Crippen LogP contribution >= 0.6 is 23.2 Å². The number of hydrogen-bond acceptors (Lipinski definition) is 3. The van der Waals surface area contributed by atoms with Crippen molar-refractivity contribution < 1.29 is 9.53 Å². The van der Waals surface area contributed by atoms with Crippen molar-refractivity contribution in [1.82, 2.24) is 0 Å². The van der Waals surface area contributed by atoms with E-state index in [1.807, 2.05) is 24.3 Å². The molecule has 138 valence electrons. The molecule has 0 spiro atoms. The molecule has 1 heterocycles. The van der Waals surface area contributed by atoms with E-state index in [0.29, 0.717) is 15.8 Å². The van der Waals surface area contributed by atoms with E-state index in [1.54, 1.807) is 25.1 Å². The van der Waals surface area contributed by atoms with Crippen LogP contribution in [0.15, 0.2) is 42.5 Å². The number of halogens is 2. The van der Waals surface area contributed by atoms with Crippen molar-refractivity contribution in [2.24, 2.45) is 0 Å². The summed E-state index contributed by atoms with van der Waals surface area (Å²) in [6.07, 6.45) is 3.09. The van der Waals surface area contributed by atoms with Gasteiger partial charge in [0, 0.05) is 29.5 Å². The molecular weight excluding hydrogens is 371 g/mol. The van der Waals surface area contributed by atoms with Crippen molar-refractivity contribution in [3.63, 3.8) is 0 Å². The van der Waals surface area contributed by atoms with Gasteiger partial charge in [-0.3, -0.25) is 4.79 Å². The number of benzene rings is 2. The highest BCUT2D eigenvalue weighted by Gasteiger charge is 2.17. The van der Waals surface area contributed by atoms with Gasteiger partial charge in [0.25, 0.3) is 5.91 Å². The number of carbonyl (C=O) groups is 1. The van der Waals surface area contributed by atoms with Gasteiger partial charge in [0.15, 0.2) is 6.10 Å².